The highest BCUT2D eigenvalue weighted by molar-refractivity contribution is 6.05. The van der Waals surface area contributed by atoms with Crippen LogP contribution in [0.3, 0.4) is 0 Å². The Morgan fingerprint density at radius 3 is 2.08 bits per heavy atom. The molecule has 0 unspecified atom stereocenters. The Balaban J connectivity index is 1.81. The van der Waals surface area contributed by atoms with Gasteiger partial charge in [0.25, 0.3) is 11.8 Å². The fourth-order valence-corrected chi connectivity index (χ4v) is 2.44. The van der Waals surface area contributed by atoms with Crippen molar-refractivity contribution in [1.29, 1.82) is 0 Å². The predicted octanol–water partition coefficient (Wildman–Crippen LogP) is 3.72. The second-order valence-electron chi connectivity index (χ2n) is 5.42. The van der Waals surface area contributed by atoms with Crippen molar-refractivity contribution in [3.05, 3.63) is 90.0 Å². The molecule has 3 aromatic carbocycles. The van der Waals surface area contributed by atoms with Gasteiger partial charge in [-0.25, -0.2) is 5.48 Å². The zero-order chi connectivity index (χ0) is 17.6. The maximum Gasteiger partial charge on any atom is 0.274 e. The minimum atomic E-state index is -0.567. The molecule has 0 saturated heterocycles. The molecule has 0 saturated carbocycles. The van der Waals surface area contributed by atoms with Crippen molar-refractivity contribution in [3.8, 4) is 11.1 Å². The van der Waals surface area contributed by atoms with E-state index in [0.29, 0.717) is 11.1 Å². The van der Waals surface area contributed by atoms with Gasteiger partial charge in [0.05, 0.1) is 0 Å². The molecule has 0 aliphatic heterocycles. The molecule has 0 aliphatic rings. The Morgan fingerprint density at radius 2 is 1.40 bits per heavy atom. The van der Waals surface area contributed by atoms with E-state index < -0.39 is 5.91 Å². The van der Waals surface area contributed by atoms with Crippen molar-refractivity contribution in [2.75, 3.05) is 5.32 Å². The average molecular weight is 332 g/mol. The SMILES string of the molecule is O=C(NO)c1ccc(-c2cccc(C(=O)Nc3ccccc3)c2)cc1. The number of rotatable bonds is 4. The van der Waals surface area contributed by atoms with E-state index in [9.17, 15) is 9.59 Å². The summed E-state index contributed by atoms with van der Waals surface area (Å²) in [7, 11) is 0. The first-order valence-corrected chi connectivity index (χ1v) is 7.69. The highest BCUT2D eigenvalue weighted by atomic mass is 16.5. The minimum Gasteiger partial charge on any atom is -0.322 e. The van der Waals surface area contributed by atoms with Gasteiger partial charge in [0.2, 0.25) is 0 Å². The van der Waals surface area contributed by atoms with Gasteiger partial charge in [-0.05, 0) is 47.5 Å². The van der Waals surface area contributed by atoms with Gasteiger partial charge in [0.15, 0.2) is 0 Å². The number of carbonyl (C=O) groups excluding carboxylic acids is 2. The second kappa shape index (κ2) is 7.42. The largest absolute Gasteiger partial charge is 0.322 e. The lowest BCUT2D eigenvalue weighted by Gasteiger charge is -2.08. The highest BCUT2D eigenvalue weighted by Gasteiger charge is 2.09. The smallest absolute Gasteiger partial charge is 0.274 e. The lowest BCUT2D eigenvalue weighted by Crippen LogP contribution is -2.18. The van der Waals surface area contributed by atoms with Crippen LogP contribution in [0.5, 0.6) is 0 Å². The highest BCUT2D eigenvalue weighted by Crippen LogP contribution is 2.21. The lowest BCUT2D eigenvalue weighted by atomic mass is 10.0. The summed E-state index contributed by atoms with van der Waals surface area (Å²) in [5, 5.41) is 11.5. The summed E-state index contributed by atoms with van der Waals surface area (Å²) >= 11 is 0. The van der Waals surface area contributed by atoms with Gasteiger partial charge in [-0.1, -0.05) is 42.5 Å². The number of benzene rings is 3. The van der Waals surface area contributed by atoms with Crippen LogP contribution in [-0.2, 0) is 0 Å². The van der Waals surface area contributed by atoms with Crippen LogP contribution >= 0.6 is 0 Å². The Hall–Kier alpha value is -3.44. The first-order chi connectivity index (χ1) is 12.2. The van der Waals surface area contributed by atoms with Gasteiger partial charge < -0.3 is 5.32 Å². The zero-order valence-electron chi connectivity index (χ0n) is 13.3. The van der Waals surface area contributed by atoms with Gasteiger partial charge in [-0.15, -0.1) is 0 Å². The number of anilines is 1. The Bertz CT molecular complexity index is 890. The molecule has 25 heavy (non-hydrogen) atoms. The lowest BCUT2D eigenvalue weighted by molar-refractivity contribution is 0.0706. The number of hydrogen-bond donors (Lipinski definition) is 3. The Labute approximate surface area is 144 Å². The van der Waals surface area contributed by atoms with Crippen molar-refractivity contribution in [2.45, 2.75) is 0 Å². The molecule has 0 aliphatic carbocycles. The summed E-state index contributed by atoms with van der Waals surface area (Å²) in [6.45, 7) is 0. The molecule has 3 aromatic rings. The fourth-order valence-electron chi connectivity index (χ4n) is 2.44. The molecule has 0 radical (unpaired) electrons. The summed E-state index contributed by atoms with van der Waals surface area (Å²) in [4.78, 5) is 23.8. The first kappa shape index (κ1) is 16.4. The Morgan fingerprint density at radius 1 is 0.680 bits per heavy atom. The predicted molar refractivity (Wildman–Crippen MR) is 95.5 cm³/mol. The van der Waals surface area contributed by atoms with E-state index in [4.69, 9.17) is 5.21 Å². The molecule has 2 amide bonds. The van der Waals surface area contributed by atoms with E-state index >= 15 is 0 Å². The number of hydroxylamine groups is 1. The molecule has 3 rings (SSSR count). The normalized spacial score (nSPS) is 10.1. The van der Waals surface area contributed by atoms with Crippen molar-refractivity contribution >= 4 is 17.5 Å². The molecule has 5 nitrogen and oxygen atoms in total. The van der Waals surface area contributed by atoms with E-state index in [0.717, 1.165) is 16.8 Å². The van der Waals surface area contributed by atoms with E-state index in [-0.39, 0.29) is 5.91 Å². The summed E-state index contributed by atoms with van der Waals surface area (Å²) in [5.41, 5.74) is 4.94. The quantitative estimate of drug-likeness (QED) is 0.503. The van der Waals surface area contributed by atoms with Crippen LogP contribution in [0.1, 0.15) is 20.7 Å². The van der Waals surface area contributed by atoms with E-state index in [1.54, 1.807) is 41.9 Å². The molecule has 0 heterocycles. The molecule has 0 aromatic heterocycles. The molecule has 0 spiro atoms. The van der Waals surface area contributed by atoms with Crippen LogP contribution < -0.4 is 10.8 Å². The van der Waals surface area contributed by atoms with Crippen LogP contribution in [0, 0.1) is 0 Å². The number of nitrogens with one attached hydrogen (secondary N) is 2. The van der Waals surface area contributed by atoms with Crippen molar-refractivity contribution in [1.82, 2.24) is 5.48 Å². The van der Waals surface area contributed by atoms with Gasteiger partial charge in [0, 0.05) is 16.8 Å². The number of hydrogen-bond acceptors (Lipinski definition) is 3. The summed E-state index contributed by atoms with van der Waals surface area (Å²) in [6, 6.07) is 23.2. The van der Waals surface area contributed by atoms with Gasteiger partial charge >= 0.3 is 0 Å². The zero-order valence-corrected chi connectivity index (χ0v) is 13.3. The van der Waals surface area contributed by atoms with E-state index in [2.05, 4.69) is 5.32 Å². The standard InChI is InChI=1S/C20H16N2O3/c23-19(21-18-7-2-1-3-8-18)17-6-4-5-16(13-17)14-9-11-15(12-10-14)20(24)22-25/h1-13,25H,(H,21,23)(H,22,24). The molecule has 5 heteroatoms. The molecule has 0 fully saturated rings. The monoisotopic (exact) mass is 332 g/mol. The topological polar surface area (TPSA) is 78.4 Å². The van der Waals surface area contributed by atoms with Crippen LogP contribution in [0.2, 0.25) is 0 Å². The summed E-state index contributed by atoms with van der Waals surface area (Å²) < 4.78 is 0. The third-order valence-electron chi connectivity index (χ3n) is 3.74. The number of carbonyl (C=O) groups is 2. The summed E-state index contributed by atoms with van der Waals surface area (Å²) in [6.07, 6.45) is 0. The first-order valence-electron chi connectivity index (χ1n) is 7.69. The van der Waals surface area contributed by atoms with E-state index in [1.165, 1.54) is 0 Å². The average Bonchev–Trinajstić information content (AvgIpc) is 2.68. The molecular formula is C20H16N2O3. The molecule has 3 N–H and O–H groups in total. The van der Waals surface area contributed by atoms with Crippen molar-refractivity contribution in [2.24, 2.45) is 0 Å². The maximum absolute atomic E-state index is 12.4. The third kappa shape index (κ3) is 3.91. The number of amides is 2. The maximum atomic E-state index is 12.4. The van der Waals surface area contributed by atoms with Gasteiger partial charge in [-0.3, -0.25) is 14.8 Å². The van der Waals surface area contributed by atoms with Crippen LogP contribution in [0.25, 0.3) is 11.1 Å². The van der Waals surface area contributed by atoms with Gasteiger partial charge in [-0.2, -0.15) is 0 Å². The molecule has 124 valence electrons. The molecule has 0 bridgehead atoms. The van der Waals surface area contributed by atoms with Crippen LogP contribution in [0.15, 0.2) is 78.9 Å². The third-order valence-corrected chi connectivity index (χ3v) is 3.74. The minimum absolute atomic E-state index is 0.190. The van der Waals surface area contributed by atoms with Crippen LogP contribution in [-0.4, -0.2) is 17.0 Å². The van der Waals surface area contributed by atoms with Crippen molar-refractivity contribution in [3.63, 3.8) is 0 Å². The fraction of sp³-hybridized carbons (Fsp3) is 0. The number of para-hydroxylation sites is 1. The molecular weight excluding hydrogens is 316 g/mol. The van der Waals surface area contributed by atoms with E-state index in [1.807, 2.05) is 42.5 Å². The van der Waals surface area contributed by atoms with Crippen LogP contribution in [0.4, 0.5) is 5.69 Å². The Kier molecular flexibility index (Phi) is 4.87. The summed E-state index contributed by atoms with van der Waals surface area (Å²) in [5.74, 6) is -0.758. The van der Waals surface area contributed by atoms with Crippen molar-refractivity contribution < 1.29 is 14.8 Å². The second-order valence-corrected chi connectivity index (χ2v) is 5.42. The molecule has 0 atom stereocenters. The van der Waals surface area contributed by atoms with Gasteiger partial charge in [0.1, 0.15) is 0 Å².